The molecule has 3 N–H and O–H groups in total. The molecule has 1 saturated heterocycles. The van der Waals surface area contributed by atoms with E-state index in [1.54, 1.807) is 0 Å². The van der Waals surface area contributed by atoms with Gasteiger partial charge in [-0.2, -0.15) is 0 Å². The van der Waals surface area contributed by atoms with Crippen LogP contribution >= 0.6 is 0 Å². The van der Waals surface area contributed by atoms with Gasteiger partial charge < -0.3 is 29.7 Å². The van der Waals surface area contributed by atoms with Gasteiger partial charge in [0.1, 0.15) is 6.61 Å². The van der Waals surface area contributed by atoms with Crippen LogP contribution in [0, 0.1) is 11.8 Å². The van der Waals surface area contributed by atoms with Gasteiger partial charge in [-0.1, -0.05) is 12.1 Å². The molecule has 0 unspecified atom stereocenters. The van der Waals surface area contributed by atoms with E-state index in [4.69, 9.17) is 9.72 Å². The second kappa shape index (κ2) is 8.69. The Hall–Kier alpha value is -2.16. The lowest BCUT2D eigenvalue weighted by Gasteiger charge is -2.35. The number of aliphatic hydroxyl groups excluding tert-OH is 2. The van der Waals surface area contributed by atoms with Gasteiger partial charge in [-0.25, -0.2) is 4.98 Å². The molecule has 0 bridgehead atoms. The van der Waals surface area contributed by atoms with Crippen LogP contribution in [-0.4, -0.2) is 70.7 Å². The predicted octanol–water partition coefficient (Wildman–Crippen LogP) is 0.757. The van der Waals surface area contributed by atoms with E-state index in [-0.39, 0.29) is 25.2 Å². The Kier molecular flexibility index (Phi) is 6.03. The summed E-state index contributed by atoms with van der Waals surface area (Å²) >= 11 is 0. The maximum Gasteiger partial charge on any atom is 0.246 e. The number of hydrogen-bond acceptors (Lipinski definition) is 6. The van der Waals surface area contributed by atoms with Gasteiger partial charge in [0.15, 0.2) is 0 Å². The summed E-state index contributed by atoms with van der Waals surface area (Å²) in [6, 6.07) is 7.73. The van der Waals surface area contributed by atoms with E-state index in [9.17, 15) is 15.0 Å². The van der Waals surface area contributed by atoms with Gasteiger partial charge in [-0.3, -0.25) is 4.79 Å². The standard InChI is InChI=1S/C21H30N4O4/c1-2-29-13-20(28)22-17-9-14-11-24(12-15(14)10-19(17)27)21-23-16-5-3-4-6-18(16)25(21)7-8-26/h3-6,14-15,17,19,26-27H,2,7-13H2,1H3,(H,22,28)/t14-,15+,17-,19-/m0/s1. The summed E-state index contributed by atoms with van der Waals surface area (Å²) in [5, 5.41) is 23.0. The summed E-state index contributed by atoms with van der Waals surface area (Å²) < 4.78 is 7.24. The third kappa shape index (κ3) is 4.10. The molecule has 2 heterocycles. The average molecular weight is 402 g/mol. The van der Waals surface area contributed by atoms with E-state index in [1.807, 2.05) is 31.2 Å². The number of hydrogen-bond donors (Lipinski definition) is 3. The van der Waals surface area contributed by atoms with E-state index in [1.165, 1.54) is 0 Å². The number of rotatable bonds is 7. The Labute approximate surface area is 170 Å². The molecule has 4 rings (SSSR count). The van der Waals surface area contributed by atoms with Crippen molar-refractivity contribution in [2.24, 2.45) is 11.8 Å². The molecule has 1 amide bonds. The number of carbonyl (C=O) groups is 1. The van der Waals surface area contributed by atoms with E-state index in [0.29, 0.717) is 31.4 Å². The van der Waals surface area contributed by atoms with Crippen molar-refractivity contribution < 1.29 is 19.7 Å². The maximum absolute atomic E-state index is 12.0. The zero-order valence-electron chi connectivity index (χ0n) is 16.8. The second-order valence-corrected chi connectivity index (χ2v) is 8.05. The van der Waals surface area contributed by atoms with E-state index < -0.39 is 6.10 Å². The smallest absolute Gasteiger partial charge is 0.246 e. The fourth-order valence-corrected chi connectivity index (χ4v) is 4.82. The van der Waals surface area contributed by atoms with Crippen molar-refractivity contribution in [1.82, 2.24) is 14.9 Å². The first kappa shape index (κ1) is 20.1. The molecule has 2 aromatic rings. The molecule has 8 heteroatoms. The fraction of sp³-hybridized carbons (Fsp3) is 0.619. The molecule has 2 fully saturated rings. The Balaban J connectivity index is 1.48. The number of fused-ring (bicyclic) bond motifs is 2. The number of para-hydroxylation sites is 2. The number of anilines is 1. The first-order chi connectivity index (χ1) is 14.1. The minimum Gasteiger partial charge on any atom is -0.395 e. The van der Waals surface area contributed by atoms with Crippen LogP contribution in [0.15, 0.2) is 24.3 Å². The number of aromatic nitrogens is 2. The minimum absolute atomic E-state index is 0.0329. The number of amides is 1. The molecule has 8 nitrogen and oxygen atoms in total. The zero-order valence-corrected chi connectivity index (χ0v) is 16.8. The van der Waals surface area contributed by atoms with Crippen LogP contribution in [0.4, 0.5) is 5.95 Å². The highest BCUT2D eigenvalue weighted by Gasteiger charge is 2.43. The number of imidazole rings is 1. The number of ether oxygens (including phenoxy) is 1. The normalized spacial score (nSPS) is 26.7. The molecule has 29 heavy (non-hydrogen) atoms. The van der Waals surface area contributed by atoms with Gasteiger partial charge >= 0.3 is 0 Å². The van der Waals surface area contributed by atoms with Crippen LogP contribution in [0.2, 0.25) is 0 Å². The Morgan fingerprint density at radius 1 is 1.28 bits per heavy atom. The number of aliphatic hydroxyl groups is 2. The molecule has 0 spiro atoms. The van der Waals surface area contributed by atoms with Crippen molar-refractivity contribution in [1.29, 1.82) is 0 Å². The SMILES string of the molecule is CCOCC(=O)N[C@H]1C[C@H]2CN(c3nc4ccccc4n3CCO)C[C@H]2C[C@@H]1O. The molecule has 2 aliphatic rings. The molecule has 1 saturated carbocycles. The van der Waals surface area contributed by atoms with Gasteiger partial charge in [0, 0.05) is 26.2 Å². The third-order valence-electron chi connectivity index (χ3n) is 6.17. The molecular weight excluding hydrogens is 372 g/mol. The number of carbonyl (C=O) groups excluding carboxylic acids is 1. The average Bonchev–Trinajstić information content (AvgIpc) is 3.28. The predicted molar refractivity (Wildman–Crippen MR) is 110 cm³/mol. The van der Waals surface area contributed by atoms with Crippen molar-refractivity contribution in [2.45, 2.75) is 38.5 Å². The van der Waals surface area contributed by atoms with E-state index in [2.05, 4.69) is 14.8 Å². The van der Waals surface area contributed by atoms with Crippen molar-refractivity contribution >= 4 is 22.9 Å². The highest BCUT2D eigenvalue weighted by Crippen LogP contribution is 2.39. The van der Waals surface area contributed by atoms with Crippen LogP contribution in [0.1, 0.15) is 19.8 Å². The van der Waals surface area contributed by atoms with Gasteiger partial charge in [-0.05, 0) is 43.7 Å². The van der Waals surface area contributed by atoms with Crippen molar-refractivity contribution in [3.8, 4) is 0 Å². The molecule has 158 valence electrons. The highest BCUT2D eigenvalue weighted by atomic mass is 16.5. The number of nitrogens with one attached hydrogen (secondary N) is 1. The molecule has 1 aromatic heterocycles. The van der Waals surface area contributed by atoms with Crippen molar-refractivity contribution in [3.63, 3.8) is 0 Å². The zero-order chi connectivity index (χ0) is 20.4. The van der Waals surface area contributed by atoms with Crippen LogP contribution in [0.5, 0.6) is 0 Å². The fourth-order valence-electron chi connectivity index (χ4n) is 4.82. The number of nitrogens with zero attached hydrogens (tertiary/aromatic N) is 3. The van der Waals surface area contributed by atoms with Gasteiger partial charge in [0.25, 0.3) is 0 Å². The second-order valence-electron chi connectivity index (χ2n) is 8.05. The quantitative estimate of drug-likeness (QED) is 0.632. The topological polar surface area (TPSA) is 99.9 Å². The van der Waals surface area contributed by atoms with Crippen LogP contribution < -0.4 is 10.2 Å². The first-order valence-corrected chi connectivity index (χ1v) is 10.5. The lowest BCUT2D eigenvalue weighted by Crippen LogP contribution is -2.50. The Morgan fingerprint density at radius 3 is 2.79 bits per heavy atom. The molecule has 1 aliphatic carbocycles. The minimum atomic E-state index is -0.543. The molecular formula is C21H30N4O4. The van der Waals surface area contributed by atoms with E-state index >= 15 is 0 Å². The Bertz CT molecular complexity index is 854. The van der Waals surface area contributed by atoms with Crippen LogP contribution in [0.3, 0.4) is 0 Å². The monoisotopic (exact) mass is 402 g/mol. The molecule has 1 aliphatic heterocycles. The van der Waals surface area contributed by atoms with Gasteiger partial charge in [-0.15, -0.1) is 0 Å². The van der Waals surface area contributed by atoms with Crippen molar-refractivity contribution in [3.05, 3.63) is 24.3 Å². The third-order valence-corrected chi connectivity index (χ3v) is 6.17. The molecule has 4 atom stereocenters. The van der Waals surface area contributed by atoms with Gasteiger partial charge in [0.2, 0.25) is 11.9 Å². The maximum atomic E-state index is 12.0. The van der Waals surface area contributed by atoms with Crippen LogP contribution in [0.25, 0.3) is 11.0 Å². The van der Waals surface area contributed by atoms with Gasteiger partial charge in [0.05, 0.1) is 29.8 Å². The summed E-state index contributed by atoms with van der Waals surface area (Å²) in [6.07, 6.45) is 0.875. The number of benzene rings is 1. The molecule has 0 radical (unpaired) electrons. The lowest BCUT2D eigenvalue weighted by atomic mass is 9.77. The first-order valence-electron chi connectivity index (χ1n) is 10.5. The highest BCUT2D eigenvalue weighted by molar-refractivity contribution is 5.79. The van der Waals surface area contributed by atoms with Crippen LogP contribution in [-0.2, 0) is 16.1 Å². The molecule has 1 aromatic carbocycles. The summed E-state index contributed by atoms with van der Waals surface area (Å²) in [4.78, 5) is 19.1. The largest absolute Gasteiger partial charge is 0.395 e. The summed E-state index contributed by atoms with van der Waals surface area (Å²) in [5.74, 6) is 1.46. The summed E-state index contributed by atoms with van der Waals surface area (Å²) in [5.41, 5.74) is 1.94. The van der Waals surface area contributed by atoms with E-state index in [0.717, 1.165) is 36.5 Å². The summed E-state index contributed by atoms with van der Waals surface area (Å²) in [6.45, 7) is 4.60. The van der Waals surface area contributed by atoms with Crippen molar-refractivity contribution in [2.75, 3.05) is 37.8 Å². The summed E-state index contributed by atoms with van der Waals surface area (Å²) in [7, 11) is 0. The lowest BCUT2D eigenvalue weighted by molar-refractivity contribution is -0.127. The Morgan fingerprint density at radius 2 is 2.03 bits per heavy atom.